The van der Waals surface area contributed by atoms with Gasteiger partial charge in [-0.1, -0.05) is 61.9 Å². The number of carbonyl (C=O) groups excluding carboxylic acids is 1. The van der Waals surface area contributed by atoms with Crippen molar-refractivity contribution in [1.29, 1.82) is 0 Å². The van der Waals surface area contributed by atoms with Crippen LogP contribution >= 0.6 is 11.6 Å². The van der Waals surface area contributed by atoms with Gasteiger partial charge in [-0.2, -0.15) is 0 Å². The zero-order chi connectivity index (χ0) is 15.8. The number of rotatable bonds is 5. The first-order valence-corrected chi connectivity index (χ1v) is 8.82. The van der Waals surface area contributed by atoms with Crippen molar-refractivity contribution < 1.29 is 4.79 Å². The summed E-state index contributed by atoms with van der Waals surface area (Å²) < 4.78 is 0. The number of benzene rings is 1. The van der Waals surface area contributed by atoms with Crippen LogP contribution < -0.4 is 10.6 Å². The van der Waals surface area contributed by atoms with Crippen LogP contribution in [-0.4, -0.2) is 18.5 Å². The molecule has 1 saturated carbocycles. The largest absolute Gasteiger partial charge is 0.352 e. The Morgan fingerprint density at radius 3 is 2.50 bits per heavy atom. The van der Waals surface area contributed by atoms with Gasteiger partial charge >= 0.3 is 0 Å². The lowest BCUT2D eigenvalue weighted by molar-refractivity contribution is -0.121. The van der Waals surface area contributed by atoms with E-state index < -0.39 is 0 Å². The molecule has 2 rings (SSSR count). The van der Waals surface area contributed by atoms with Crippen LogP contribution in [0.3, 0.4) is 0 Å². The molecule has 0 aromatic heterocycles. The Morgan fingerprint density at radius 1 is 1.18 bits per heavy atom. The maximum atomic E-state index is 12.1. The van der Waals surface area contributed by atoms with E-state index in [2.05, 4.69) is 10.6 Å². The molecule has 1 amide bonds. The summed E-state index contributed by atoms with van der Waals surface area (Å²) in [6, 6.07) is 8.17. The van der Waals surface area contributed by atoms with Gasteiger partial charge in [-0.25, -0.2) is 0 Å². The molecule has 0 radical (unpaired) electrons. The molecular formula is C18H27ClN2O. The molecule has 2 N–H and O–H groups in total. The van der Waals surface area contributed by atoms with Crippen molar-refractivity contribution in [3.05, 3.63) is 34.9 Å². The SMILES string of the molecule is CC(NCC(=O)NC1CCCCCCC1)c1ccccc1Cl. The monoisotopic (exact) mass is 322 g/mol. The highest BCUT2D eigenvalue weighted by molar-refractivity contribution is 6.31. The lowest BCUT2D eigenvalue weighted by atomic mass is 9.97. The first-order valence-electron chi connectivity index (χ1n) is 8.44. The molecule has 3 nitrogen and oxygen atoms in total. The first kappa shape index (κ1) is 17.3. The molecule has 0 saturated heterocycles. The molecule has 1 aromatic rings. The van der Waals surface area contributed by atoms with Gasteiger partial charge in [-0.3, -0.25) is 4.79 Å². The minimum atomic E-state index is 0.0665. The highest BCUT2D eigenvalue weighted by Crippen LogP contribution is 2.22. The van der Waals surface area contributed by atoms with Crippen LogP contribution in [0.4, 0.5) is 0 Å². The van der Waals surface area contributed by atoms with Gasteiger partial charge < -0.3 is 10.6 Å². The van der Waals surface area contributed by atoms with Gasteiger partial charge in [0.25, 0.3) is 0 Å². The Bertz CT molecular complexity index is 470. The van der Waals surface area contributed by atoms with Crippen LogP contribution in [0.1, 0.15) is 63.5 Å². The third kappa shape index (κ3) is 5.62. The molecule has 122 valence electrons. The summed E-state index contributed by atoms with van der Waals surface area (Å²) in [6.07, 6.45) is 8.64. The molecule has 4 heteroatoms. The lowest BCUT2D eigenvalue weighted by Crippen LogP contribution is -2.41. The summed E-state index contributed by atoms with van der Waals surface area (Å²) in [4.78, 5) is 12.1. The van der Waals surface area contributed by atoms with Crippen molar-refractivity contribution in [2.75, 3.05) is 6.54 Å². The Hall–Kier alpha value is -1.06. The first-order chi connectivity index (χ1) is 10.7. The highest BCUT2D eigenvalue weighted by atomic mass is 35.5. The summed E-state index contributed by atoms with van der Waals surface area (Å²) in [7, 11) is 0. The number of halogens is 1. The minimum Gasteiger partial charge on any atom is -0.352 e. The molecule has 0 spiro atoms. The average Bonchev–Trinajstić information content (AvgIpc) is 2.48. The van der Waals surface area contributed by atoms with Crippen molar-refractivity contribution >= 4 is 17.5 Å². The van der Waals surface area contributed by atoms with E-state index in [0.29, 0.717) is 12.6 Å². The second-order valence-electron chi connectivity index (χ2n) is 6.23. The molecule has 1 atom stereocenters. The number of carbonyl (C=O) groups is 1. The van der Waals surface area contributed by atoms with E-state index in [9.17, 15) is 4.79 Å². The Kier molecular flexibility index (Phi) is 7.20. The van der Waals surface area contributed by atoms with Crippen molar-refractivity contribution in [3.63, 3.8) is 0 Å². The van der Waals surface area contributed by atoms with Gasteiger partial charge in [0.2, 0.25) is 5.91 Å². The van der Waals surface area contributed by atoms with Gasteiger partial charge in [0.1, 0.15) is 0 Å². The standard InChI is InChI=1S/C18H27ClN2O/c1-14(16-11-7-8-12-17(16)19)20-13-18(22)21-15-9-5-3-2-4-6-10-15/h7-8,11-12,14-15,20H,2-6,9-10,13H2,1H3,(H,21,22). The maximum absolute atomic E-state index is 12.1. The predicted octanol–water partition coefficient (Wildman–Crippen LogP) is 4.22. The molecule has 1 aromatic carbocycles. The van der Waals surface area contributed by atoms with Crippen molar-refractivity contribution in [3.8, 4) is 0 Å². The van der Waals surface area contributed by atoms with Crippen LogP contribution in [0.5, 0.6) is 0 Å². The average molecular weight is 323 g/mol. The fraction of sp³-hybridized carbons (Fsp3) is 0.611. The fourth-order valence-electron chi connectivity index (χ4n) is 3.06. The number of hydrogen-bond donors (Lipinski definition) is 2. The number of hydrogen-bond acceptors (Lipinski definition) is 2. The van der Waals surface area contributed by atoms with Gasteiger partial charge in [0, 0.05) is 17.1 Å². The van der Waals surface area contributed by atoms with Crippen molar-refractivity contribution in [2.45, 2.75) is 64.0 Å². The normalized spacial score (nSPS) is 18.3. The molecule has 0 aliphatic heterocycles. The third-order valence-corrected chi connectivity index (χ3v) is 4.76. The van der Waals surface area contributed by atoms with Crippen molar-refractivity contribution in [1.82, 2.24) is 10.6 Å². The predicted molar refractivity (Wildman–Crippen MR) is 92.1 cm³/mol. The summed E-state index contributed by atoms with van der Waals surface area (Å²) in [5.74, 6) is 0.0875. The molecule has 22 heavy (non-hydrogen) atoms. The molecule has 1 aliphatic rings. The molecule has 0 heterocycles. The molecule has 0 bridgehead atoms. The maximum Gasteiger partial charge on any atom is 0.234 e. The zero-order valence-electron chi connectivity index (χ0n) is 13.4. The van der Waals surface area contributed by atoms with Crippen LogP contribution in [0.2, 0.25) is 5.02 Å². The van der Waals surface area contributed by atoms with E-state index in [0.717, 1.165) is 23.4 Å². The van der Waals surface area contributed by atoms with Crippen molar-refractivity contribution in [2.24, 2.45) is 0 Å². The number of nitrogens with one attached hydrogen (secondary N) is 2. The van der Waals surface area contributed by atoms with Gasteiger partial charge in [-0.15, -0.1) is 0 Å². The van der Waals surface area contributed by atoms with E-state index in [4.69, 9.17) is 11.6 Å². The van der Waals surface area contributed by atoms with Gasteiger partial charge in [-0.05, 0) is 31.4 Å². The quantitative estimate of drug-likeness (QED) is 0.852. The number of amides is 1. The van der Waals surface area contributed by atoms with Gasteiger partial charge in [0.05, 0.1) is 6.54 Å². The van der Waals surface area contributed by atoms with Crippen LogP contribution in [0.15, 0.2) is 24.3 Å². The lowest BCUT2D eigenvalue weighted by Gasteiger charge is -2.22. The Morgan fingerprint density at radius 2 is 1.82 bits per heavy atom. The summed E-state index contributed by atoms with van der Waals surface area (Å²) >= 11 is 6.18. The summed E-state index contributed by atoms with van der Waals surface area (Å²) in [5.41, 5.74) is 1.03. The van der Waals surface area contributed by atoms with E-state index >= 15 is 0 Å². The van der Waals surface area contributed by atoms with E-state index in [1.807, 2.05) is 31.2 Å². The Labute approximate surface area is 138 Å². The second kappa shape index (κ2) is 9.16. The summed E-state index contributed by atoms with van der Waals surface area (Å²) in [6.45, 7) is 2.37. The van der Waals surface area contributed by atoms with E-state index in [-0.39, 0.29) is 11.9 Å². The molecule has 1 fully saturated rings. The second-order valence-corrected chi connectivity index (χ2v) is 6.64. The smallest absolute Gasteiger partial charge is 0.234 e. The molecule has 1 aliphatic carbocycles. The molecular weight excluding hydrogens is 296 g/mol. The topological polar surface area (TPSA) is 41.1 Å². The van der Waals surface area contributed by atoms with Crippen LogP contribution in [0.25, 0.3) is 0 Å². The fourth-order valence-corrected chi connectivity index (χ4v) is 3.36. The van der Waals surface area contributed by atoms with E-state index in [1.165, 1.54) is 32.1 Å². The third-order valence-electron chi connectivity index (χ3n) is 4.41. The van der Waals surface area contributed by atoms with Crippen LogP contribution in [-0.2, 0) is 4.79 Å². The van der Waals surface area contributed by atoms with E-state index in [1.54, 1.807) is 0 Å². The Balaban J connectivity index is 1.76. The highest BCUT2D eigenvalue weighted by Gasteiger charge is 2.15. The van der Waals surface area contributed by atoms with Gasteiger partial charge in [0.15, 0.2) is 0 Å². The minimum absolute atomic E-state index is 0.0665. The zero-order valence-corrected chi connectivity index (χ0v) is 14.2. The van der Waals surface area contributed by atoms with Crippen LogP contribution in [0, 0.1) is 0 Å². The summed E-state index contributed by atoms with van der Waals surface area (Å²) in [5, 5.41) is 7.17. The molecule has 1 unspecified atom stereocenters.